The molecule has 0 radical (unpaired) electrons. The number of anilines is 2. The monoisotopic (exact) mass is 282 g/mol. The molecule has 0 saturated heterocycles. The fourth-order valence-electron chi connectivity index (χ4n) is 1.40. The molecule has 1 aromatic carbocycles. The van der Waals surface area contributed by atoms with E-state index in [-0.39, 0.29) is 6.42 Å². The Kier molecular flexibility index (Phi) is 4.17. The molecule has 0 saturated carbocycles. The van der Waals surface area contributed by atoms with E-state index in [4.69, 9.17) is 16.7 Å². The number of aromatic nitrogens is 1. The molecule has 0 amide bonds. The summed E-state index contributed by atoms with van der Waals surface area (Å²) in [5.41, 5.74) is 1.65. The number of halogens is 1. The second-order valence-electron chi connectivity index (χ2n) is 3.67. The maximum atomic E-state index is 10.5. The number of rotatable bonds is 5. The molecule has 0 spiro atoms. The van der Waals surface area contributed by atoms with Crippen molar-refractivity contribution in [1.82, 2.24) is 4.98 Å². The summed E-state index contributed by atoms with van der Waals surface area (Å²) in [6.07, 6.45) is 0.545. The van der Waals surface area contributed by atoms with Crippen LogP contribution in [0.25, 0.3) is 0 Å². The molecule has 0 fully saturated rings. The van der Waals surface area contributed by atoms with Crippen molar-refractivity contribution in [3.8, 4) is 0 Å². The molecule has 0 atom stereocenters. The molecule has 0 unspecified atom stereocenters. The van der Waals surface area contributed by atoms with E-state index in [1.165, 1.54) is 11.3 Å². The van der Waals surface area contributed by atoms with Crippen LogP contribution in [0.3, 0.4) is 0 Å². The molecule has 0 aliphatic carbocycles. The Morgan fingerprint density at radius 1 is 1.50 bits per heavy atom. The lowest BCUT2D eigenvalue weighted by Crippen LogP contribution is -1.98. The molecule has 1 aromatic heterocycles. The molecule has 1 heterocycles. The van der Waals surface area contributed by atoms with Crippen LogP contribution in [0.5, 0.6) is 0 Å². The number of aliphatic carboxylic acids is 1. The number of hydrogen-bond acceptors (Lipinski definition) is 4. The number of hydrogen-bond donors (Lipinski definition) is 2. The minimum absolute atomic E-state index is 0.0976. The van der Waals surface area contributed by atoms with Crippen LogP contribution in [-0.4, -0.2) is 16.1 Å². The van der Waals surface area contributed by atoms with E-state index in [0.29, 0.717) is 11.4 Å². The summed E-state index contributed by atoms with van der Waals surface area (Å²) in [7, 11) is 0. The van der Waals surface area contributed by atoms with Crippen LogP contribution in [-0.2, 0) is 11.2 Å². The third kappa shape index (κ3) is 3.72. The second-order valence-corrected chi connectivity index (χ2v) is 4.97. The van der Waals surface area contributed by atoms with Gasteiger partial charge in [0.25, 0.3) is 0 Å². The number of benzene rings is 1. The van der Waals surface area contributed by atoms with Gasteiger partial charge < -0.3 is 10.4 Å². The largest absolute Gasteiger partial charge is 0.481 e. The van der Waals surface area contributed by atoms with Crippen LogP contribution in [0.15, 0.2) is 29.6 Å². The Labute approximate surface area is 113 Å². The molecule has 0 aliphatic heterocycles. The van der Waals surface area contributed by atoms with Gasteiger partial charge in [-0.1, -0.05) is 17.7 Å². The molecule has 4 nitrogen and oxygen atoms in total. The third-order valence-electron chi connectivity index (χ3n) is 2.22. The SMILES string of the molecule is O=C(O)CCc1csc(Nc2cccc(Cl)c2)n1. The van der Waals surface area contributed by atoms with Gasteiger partial charge in [-0.05, 0) is 18.2 Å². The second kappa shape index (κ2) is 5.84. The van der Waals surface area contributed by atoms with Gasteiger partial charge in [0.15, 0.2) is 5.13 Å². The Morgan fingerprint density at radius 3 is 3.06 bits per heavy atom. The van der Waals surface area contributed by atoms with Crippen molar-refractivity contribution in [2.75, 3.05) is 5.32 Å². The minimum atomic E-state index is -0.813. The lowest BCUT2D eigenvalue weighted by Gasteiger charge is -2.02. The van der Waals surface area contributed by atoms with Crippen LogP contribution in [0.2, 0.25) is 5.02 Å². The van der Waals surface area contributed by atoms with Gasteiger partial charge in [-0.15, -0.1) is 11.3 Å². The maximum Gasteiger partial charge on any atom is 0.303 e. The first-order chi connectivity index (χ1) is 8.63. The highest BCUT2D eigenvalue weighted by Gasteiger charge is 2.05. The zero-order chi connectivity index (χ0) is 13.0. The van der Waals surface area contributed by atoms with Crippen molar-refractivity contribution in [1.29, 1.82) is 0 Å². The van der Waals surface area contributed by atoms with Crippen LogP contribution in [0.4, 0.5) is 10.8 Å². The van der Waals surface area contributed by atoms with E-state index >= 15 is 0 Å². The van der Waals surface area contributed by atoms with E-state index in [0.717, 1.165) is 16.5 Å². The van der Waals surface area contributed by atoms with E-state index in [1.54, 1.807) is 12.1 Å². The molecule has 2 aromatic rings. The van der Waals surface area contributed by atoms with Crippen molar-refractivity contribution >= 4 is 39.7 Å². The average molecular weight is 283 g/mol. The quantitative estimate of drug-likeness (QED) is 0.880. The van der Waals surface area contributed by atoms with Crippen LogP contribution < -0.4 is 5.32 Å². The normalized spacial score (nSPS) is 10.3. The van der Waals surface area contributed by atoms with Crippen molar-refractivity contribution in [2.45, 2.75) is 12.8 Å². The van der Waals surface area contributed by atoms with E-state index in [2.05, 4.69) is 10.3 Å². The zero-order valence-corrected chi connectivity index (χ0v) is 11.0. The number of nitrogens with zero attached hydrogens (tertiary/aromatic N) is 1. The molecule has 18 heavy (non-hydrogen) atoms. The fourth-order valence-corrected chi connectivity index (χ4v) is 2.36. The van der Waals surface area contributed by atoms with Crippen molar-refractivity contribution < 1.29 is 9.90 Å². The number of aryl methyl sites for hydroxylation is 1. The van der Waals surface area contributed by atoms with E-state index in [1.807, 2.05) is 17.5 Å². The summed E-state index contributed by atoms with van der Waals surface area (Å²) in [6, 6.07) is 7.35. The van der Waals surface area contributed by atoms with Crippen LogP contribution in [0, 0.1) is 0 Å². The topological polar surface area (TPSA) is 62.2 Å². The summed E-state index contributed by atoms with van der Waals surface area (Å²) in [5.74, 6) is -0.813. The molecule has 2 rings (SSSR count). The molecule has 0 bridgehead atoms. The standard InChI is InChI=1S/C12H11ClN2O2S/c13-8-2-1-3-9(6-8)14-12-15-10(7-18-12)4-5-11(16)17/h1-3,6-7H,4-5H2,(H,14,15)(H,16,17). The Balaban J connectivity index is 2.00. The third-order valence-corrected chi connectivity index (χ3v) is 3.26. The average Bonchev–Trinajstić information content (AvgIpc) is 2.74. The lowest BCUT2D eigenvalue weighted by molar-refractivity contribution is -0.136. The zero-order valence-electron chi connectivity index (χ0n) is 9.39. The highest BCUT2D eigenvalue weighted by atomic mass is 35.5. The summed E-state index contributed by atoms with van der Waals surface area (Å²) in [4.78, 5) is 14.8. The van der Waals surface area contributed by atoms with Gasteiger partial charge in [-0.3, -0.25) is 4.79 Å². The van der Waals surface area contributed by atoms with Crippen molar-refractivity contribution in [3.63, 3.8) is 0 Å². The predicted octanol–water partition coefficient (Wildman–Crippen LogP) is 3.56. The van der Waals surface area contributed by atoms with Gasteiger partial charge in [0, 0.05) is 22.5 Å². The first-order valence-corrected chi connectivity index (χ1v) is 6.58. The number of carboxylic acid groups (broad SMARTS) is 1. The molecular weight excluding hydrogens is 272 g/mol. The van der Waals surface area contributed by atoms with Gasteiger partial charge in [-0.2, -0.15) is 0 Å². The summed E-state index contributed by atoms with van der Waals surface area (Å²) in [5, 5.41) is 15.0. The lowest BCUT2D eigenvalue weighted by atomic mass is 10.2. The number of thiazole rings is 1. The number of carbonyl (C=O) groups is 1. The summed E-state index contributed by atoms with van der Waals surface area (Å²) >= 11 is 7.32. The molecule has 94 valence electrons. The Bertz CT molecular complexity index is 557. The summed E-state index contributed by atoms with van der Waals surface area (Å²) in [6.45, 7) is 0. The highest BCUT2D eigenvalue weighted by Crippen LogP contribution is 2.23. The fraction of sp³-hybridized carbons (Fsp3) is 0.167. The first-order valence-electron chi connectivity index (χ1n) is 5.32. The van der Waals surface area contributed by atoms with Gasteiger partial charge in [0.1, 0.15) is 0 Å². The van der Waals surface area contributed by atoms with Gasteiger partial charge in [-0.25, -0.2) is 4.98 Å². The Hall–Kier alpha value is -1.59. The van der Waals surface area contributed by atoms with Crippen LogP contribution in [0.1, 0.15) is 12.1 Å². The minimum Gasteiger partial charge on any atom is -0.481 e. The van der Waals surface area contributed by atoms with E-state index in [9.17, 15) is 4.79 Å². The molecular formula is C12H11ClN2O2S. The summed E-state index contributed by atoms with van der Waals surface area (Å²) < 4.78 is 0. The maximum absolute atomic E-state index is 10.5. The number of carboxylic acids is 1. The molecule has 6 heteroatoms. The first kappa shape index (κ1) is 12.9. The van der Waals surface area contributed by atoms with Crippen molar-refractivity contribution in [3.05, 3.63) is 40.4 Å². The van der Waals surface area contributed by atoms with E-state index < -0.39 is 5.97 Å². The smallest absolute Gasteiger partial charge is 0.303 e. The van der Waals surface area contributed by atoms with Crippen LogP contribution >= 0.6 is 22.9 Å². The van der Waals surface area contributed by atoms with Crippen molar-refractivity contribution in [2.24, 2.45) is 0 Å². The number of nitrogens with one attached hydrogen (secondary N) is 1. The highest BCUT2D eigenvalue weighted by molar-refractivity contribution is 7.13. The molecule has 0 aliphatic rings. The van der Waals surface area contributed by atoms with Gasteiger partial charge in [0.05, 0.1) is 12.1 Å². The predicted molar refractivity (Wildman–Crippen MR) is 72.8 cm³/mol. The van der Waals surface area contributed by atoms with Gasteiger partial charge >= 0.3 is 5.97 Å². The van der Waals surface area contributed by atoms with Gasteiger partial charge in [0.2, 0.25) is 0 Å². The molecule has 2 N–H and O–H groups in total. The Morgan fingerprint density at radius 2 is 2.33 bits per heavy atom.